The average molecular weight is 685 g/mol. The molecule has 0 saturated carbocycles. The predicted molar refractivity (Wildman–Crippen MR) is 179 cm³/mol. The molecular formula is C36H34BrN3O6. The van der Waals surface area contributed by atoms with Gasteiger partial charge in [-0.1, -0.05) is 82.7 Å². The fraction of sp³-hybridized carbons (Fsp3) is 0.222. The summed E-state index contributed by atoms with van der Waals surface area (Å²) in [7, 11) is 0. The fourth-order valence-electron chi connectivity index (χ4n) is 5.30. The highest BCUT2D eigenvalue weighted by molar-refractivity contribution is 9.10. The lowest BCUT2D eigenvalue weighted by molar-refractivity contribution is -0.129. The Kier molecular flexibility index (Phi) is 9.97. The highest BCUT2D eigenvalue weighted by Crippen LogP contribution is 2.45. The summed E-state index contributed by atoms with van der Waals surface area (Å²) in [5.41, 5.74) is 8.08. The molecule has 0 saturated heterocycles. The molecule has 4 aromatic carbocycles. The first-order valence-corrected chi connectivity index (χ1v) is 15.8. The maximum atomic E-state index is 14.4. The molecule has 0 unspecified atom stereocenters. The third-order valence-electron chi connectivity index (χ3n) is 7.69. The van der Waals surface area contributed by atoms with Crippen molar-refractivity contribution in [2.24, 2.45) is 4.99 Å². The molecule has 0 radical (unpaired) electrons. The van der Waals surface area contributed by atoms with Gasteiger partial charge in [0.1, 0.15) is 5.75 Å². The van der Waals surface area contributed by atoms with Gasteiger partial charge in [-0.05, 0) is 53.6 Å². The molecule has 6 rings (SSSR count). The van der Waals surface area contributed by atoms with E-state index in [1.54, 1.807) is 0 Å². The largest absolute Gasteiger partial charge is 0.494 e. The number of halogens is 1. The first-order chi connectivity index (χ1) is 22.6. The zero-order chi connectivity index (χ0) is 31.8. The summed E-state index contributed by atoms with van der Waals surface area (Å²) < 4.78 is 24.0. The number of aliphatic hydroxyl groups is 1. The number of carbonyl (C=O) groups excluding carboxylic acids is 1. The smallest absolute Gasteiger partial charge is 0.266 e. The number of hydrazine groups is 1. The second kappa shape index (κ2) is 14.6. The molecular weight excluding hydrogens is 650 g/mol. The fourth-order valence-corrected chi connectivity index (χ4v) is 5.80. The zero-order valence-electron chi connectivity index (χ0n) is 25.0. The van der Waals surface area contributed by atoms with Gasteiger partial charge in [0.2, 0.25) is 12.7 Å². The molecule has 0 spiro atoms. The molecule has 9 nitrogen and oxygen atoms in total. The van der Waals surface area contributed by atoms with Crippen LogP contribution >= 0.6 is 15.9 Å². The summed E-state index contributed by atoms with van der Waals surface area (Å²) in [6.45, 7) is 1.02. The summed E-state index contributed by atoms with van der Waals surface area (Å²) in [5.74, 6) is 2.04. The van der Waals surface area contributed by atoms with E-state index in [9.17, 15) is 4.79 Å². The van der Waals surface area contributed by atoms with Gasteiger partial charge in [-0.25, -0.2) is 10.4 Å². The first kappa shape index (κ1) is 31.3. The number of carbonyl (C=O) groups is 1. The Hall–Kier alpha value is -4.64. The van der Waals surface area contributed by atoms with Gasteiger partial charge in [0.25, 0.3) is 5.91 Å². The lowest BCUT2D eigenvalue weighted by Gasteiger charge is -2.30. The van der Waals surface area contributed by atoms with Crippen LogP contribution in [0.25, 0.3) is 6.08 Å². The van der Waals surface area contributed by atoms with Crippen molar-refractivity contribution < 1.29 is 28.8 Å². The number of rotatable bonds is 13. The van der Waals surface area contributed by atoms with Crippen molar-refractivity contribution in [2.75, 3.05) is 20.0 Å². The van der Waals surface area contributed by atoms with Crippen LogP contribution in [-0.2, 0) is 16.1 Å². The van der Waals surface area contributed by atoms with E-state index in [2.05, 4.69) is 26.8 Å². The molecule has 2 atom stereocenters. The minimum Gasteiger partial charge on any atom is -0.494 e. The van der Waals surface area contributed by atoms with Gasteiger partial charge >= 0.3 is 0 Å². The van der Waals surface area contributed by atoms with Gasteiger partial charge in [0, 0.05) is 41.6 Å². The summed E-state index contributed by atoms with van der Waals surface area (Å²) in [6.07, 6.45) is 4.01. The number of ether oxygens (including phenoxy) is 4. The van der Waals surface area contributed by atoms with Gasteiger partial charge in [0.05, 0.1) is 6.61 Å². The Labute approximate surface area is 276 Å². The lowest BCUT2D eigenvalue weighted by atomic mass is 9.84. The average Bonchev–Trinajstić information content (AvgIpc) is 3.71. The topological polar surface area (TPSA) is 111 Å². The molecule has 3 N–H and O–H groups in total. The molecule has 0 fully saturated rings. The zero-order valence-corrected chi connectivity index (χ0v) is 26.6. The number of aliphatic imine (C=N–C) groups is 1. The normalized spacial score (nSPS) is 18.3. The summed E-state index contributed by atoms with van der Waals surface area (Å²) >= 11 is 3.68. The van der Waals surface area contributed by atoms with E-state index >= 15 is 0 Å². The van der Waals surface area contributed by atoms with Gasteiger partial charge in [0.15, 0.2) is 23.1 Å². The molecule has 4 aromatic rings. The number of amides is 1. The van der Waals surface area contributed by atoms with E-state index in [1.165, 1.54) is 0 Å². The van der Waals surface area contributed by atoms with Crippen LogP contribution in [0, 0.1) is 0 Å². The number of benzene rings is 4. The Bertz CT molecular complexity index is 1710. The minimum atomic E-state index is -1.36. The van der Waals surface area contributed by atoms with E-state index in [-0.39, 0.29) is 25.7 Å². The standard InChI is InChI=1S/C36H34BrN3O6/c37-30-12-5-4-11-29(30)33-36(19-6-10-25-8-2-1-3-9-25,35(42)40-38-23-26-13-18-31-32(22-26)45-24-44-31)39-34(46-33)27-14-16-28(17-15-27)43-21-7-20-41/h1-6,8-18,22,33,38,41H,7,19-21,23-24H2,(H,40,42)/b10-6+/t33-,36-/m0/s1. The van der Waals surface area contributed by atoms with Crippen molar-refractivity contribution in [1.82, 2.24) is 10.9 Å². The third kappa shape index (κ3) is 7.09. The van der Waals surface area contributed by atoms with Gasteiger partial charge in [-0.2, -0.15) is 0 Å². The van der Waals surface area contributed by atoms with Crippen molar-refractivity contribution in [3.05, 3.63) is 130 Å². The number of fused-ring (bicyclic) bond motifs is 1. The second-order valence-corrected chi connectivity index (χ2v) is 11.7. The molecule has 1 amide bonds. The van der Waals surface area contributed by atoms with Crippen LogP contribution in [-0.4, -0.2) is 42.5 Å². The molecule has 10 heteroatoms. The highest BCUT2D eigenvalue weighted by Gasteiger charge is 2.53. The Morgan fingerprint density at radius 3 is 2.59 bits per heavy atom. The molecule has 0 aromatic heterocycles. The Morgan fingerprint density at radius 1 is 1.00 bits per heavy atom. The SMILES string of the molecule is O=C(NNCc1ccc2c(c1)OCO2)[C@@]1(C/C=C/c2ccccc2)N=C(c2ccc(OCCCO)cc2)O[C@H]1c1ccccc1Br. The molecule has 0 aliphatic carbocycles. The van der Waals surface area contributed by atoms with Gasteiger partial charge in [-0.15, -0.1) is 0 Å². The van der Waals surface area contributed by atoms with E-state index in [1.807, 2.05) is 109 Å². The quantitative estimate of drug-likeness (QED) is 0.115. The van der Waals surface area contributed by atoms with Crippen LogP contribution in [0.1, 0.15) is 41.2 Å². The number of hydrogen-bond acceptors (Lipinski definition) is 8. The molecule has 2 aliphatic rings. The van der Waals surface area contributed by atoms with Crippen LogP contribution in [0.2, 0.25) is 0 Å². The molecule has 236 valence electrons. The molecule has 2 heterocycles. The summed E-state index contributed by atoms with van der Waals surface area (Å²) in [5, 5.41) is 9.07. The van der Waals surface area contributed by atoms with Crippen molar-refractivity contribution >= 4 is 33.8 Å². The van der Waals surface area contributed by atoms with Gasteiger partial charge in [-0.3, -0.25) is 10.2 Å². The van der Waals surface area contributed by atoms with E-state index < -0.39 is 11.6 Å². The first-order valence-electron chi connectivity index (χ1n) is 15.0. The third-order valence-corrected chi connectivity index (χ3v) is 8.41. The number of nitrogens with zero attached hydrogens (tertiary/aromatic N) is 1. The Balaban J connectivity index is 1.32. The summed E-state index contributed by atoms with van der Waals surface area (Å²) in [6, 6.07) is 30.6. The van der Waals surface area contributed by atoms with E-state index in [4.69, 9.17) is 29.0 Å². The maximum Gasteiger partial charge on any atom is 0.266 e. The van der Waals surface area contributed by atoms with Crippen molar-refractivity contribution in [1.29, 1.82) is 0 Å². The molecule has 2 aliphatic heterocycles. The lowest BCUT2D eigenvalue weighted by Crippen LogP contribution is -2.52. The van der Waals surface area contributed by atoms with Crippen LogP contribution in [0.3, 0.4) is 0 Å². The Morgan fingerprint density at radius 2 is 1.78 bits per heavy atom. The van der Waals surface area contributed by atoms with Crippen molar-refractivity contribution in [3.63, 3.8) is 0 Å². The van der Waals surface area contributed by atoms with Crippen molar-refractivity contribution in [3.8, 4) is 17.2 Å². The monoisotopic (exact) mass is 683 g/mol. The predicted octanol–water partition coefficient (Wildman–Crippen LogP) is 6.12. The molecule has 46 heavy (non-hydrogen) atoms. The minimum absolute atomic E-state index is 0.0631. The maximum absolute atomic E-state index is 14.4. The number of hydrogen-bond donors (Lipinski definition) is 3. The van der Waals surface area contributed by atoms with Crippen LogP contribution < -0.4 is 25.1 Å². The van der Waals surface area contributed by atoms with E-state index in [0.717, 1.165) is 21.2 Å². The number of nitrogens with one attached hydrogen (secondary N) is 2. The highest BCUT2D eigenvalue weighted by atomic mass is 79.9. The van der Waals surface area contributed by atoms with Crippen molar-refractivity contribution in [2.45, 2.75) is 31.0 Å². The van der Waals surface area contributed by atoms with E-state index in [0.29, 0.717) is 48.3 Å². The van der Waals surface area contributed by atoms with Crippen LogP contribution in [0.5, 0.6) is 17.2 Å². The molecule has 0 bridgehead atoms. The van der Waals surface area contributed by atoms with Crippen LogP contribution in [0.4, 0.5) is 0 Å². The van der Waals surface area contributed by atoms with Gasteiger partial charge < -0.3 is 24.1 Å². The number of aliphatic hydroxyl groups excluding tert-OH is 1. The summed E-state index contributed by atoms with van der Waals surface area (Å²) in [4.78, 5) is 19.4. The second-order valence-electron chi connectivity index (χ2n) is 10.8. The van der Waals surface area contributed by atoms with Crippen LogP contribution in [0.15, 0.2) is 113 Å².